The van der Waals surface area contributed by atoms with E-state index in [2.05, 4.69) is 11.8 Å². The van der Waals surface area contributed by atoms with E-state index < -0.39 is 0 Å². The van der Waals surface area contributed by atoms with E-state index in [1.54, 1.807) is 11.3 Å². The Labute approximate surface area is 112 Å². The van der Waals surface area contributed by atoms with Gasteiger partial charge in [0.25, 0.3) is 0 Å². The average Bonchev–Trinajstić information content (AvgIpc) is 2.74. The molecule has 0 aromatic carbocycles. The Morgan fingerprint density at radius 1 is 1.53 bits per heavy atom. The molecule has 0 aliphatic heterocycles. The fourth-order valence-corrected chi connectivity index (χ4v) is 3.12. The fraction of sp³-hybridized carbons (Fsp3) is 0.667. The van der Waals surface area contributed by atoms with Gasteiger partial charge in [0.05, 0.1) is 17.0 Å². The number of likely N-dealkylation sites (N-methyl/N-ethyl adjacent to an activating group) is 1. The molecule has 0 spiro atoms. The SMILES string of the molecule is CCC(N)C(c1ccc(Cl)s1)N(C)C(C)CO. The molecule has 1 heterocycles. The molecule has 3 unspecified atom stereocenters. The average molecular weight is 277 g/mol. The third kappa shape index (κ3) is 3.66. The Balaban J connectivity index is 2.95. The number of hydrogen-bond donors (Lipinski definition) is 2. The van der Waals surface area contributed by atoms with E-state index >= 15 is 0 Å². The van der Waals surface area contributed by atoms with Gasteiger partial charge in [-0.2, -0.15) is 0 Å². The molecule has 17 heavy (non-hydrogen) atoms. The highest BCUT2D eigenvalue weighted by Crippen LogP contribution is 2.33. The summed E-state index contributed by atoms with van der Waals surface area (Å²) in [5.41, 5.74) is 6.19. The number of halogens is 1. The number of nitrogens with two attached hydrogens (primary N) is 1. The maximum absolute atomic E-state index is 9.26. The summed E-state index contributed by atoms with van der Waals surface area (Å²) in [6.07, 6.45) is 0.892. The van der Waals surface area contributed by atoms with Gasteiger partial charge in [0.15, 0.2) is 0 Å². The molecule has 3 atom stereocenters. The second-order valence-corrected chi connectivity index (χ2v) is 6.10. The molecule has 3 N–H and O–H groups in total. The minimum Gasteiger partial charge on any atom is -0.395 e. The smallest absolute Gasteiger partial charge is 0.0931 e. The van der Waals surface area contributed by atoms with Gasteiger partial charge in [0.1, 0.15) is 0 Å². The molecule has 0 saturated heterocycles. The molecule has 0 aliphatic rings. The summed E-state index contributed by atoms with van der Waals surface area (Å²) in [6.45, 7) is 4.19. The van der Waals surface area contributed by atoms with Crippen LogP contribution in [-0.4, -0.2) is 35.7 Å². The number of nitrogens with zero attached hydrogens (tertiary/aromatic N) is 1. The number of aliphatic hydroxyl groups is 1. The van der Waals surface area contributed by atoms with Crippen molar-refractivity contribution in [2.45, 2.75) is 38.4 Å². The lowest BCUT2D eigenvalue weighted by atomic mass is 10.0. The van der Waals surface area contributed by atoms with Crippen molar-refractivity contribution in [1.29, 1.82) is 0 Å². The van der Waals surface area contributed by atoms with Gasteiger partial charge in [0.2, 0.25) is 0 Å². The van der Waals surface area contributed by atoms with E-state index in [9.17, 15) is 5.11 Å². The van der Waals surface area contributed by atoms with Crippen LogP contribution in [0.15, 0.2) is 12.1 Å². The van der Waals surface area contributed by atoms with Crippen molar-refractivity contribution in [1.82, 2.24) is 4.90 Å². The van der Waals surface area contributed by atoms with Gasteiger partial charge in [-0.1, -0.05) is 18.5 Å². The van der Waals surface area contributed by atoms with Crippen molar-refractivity contribution >= 4 is 22.9 Å². The first-order valence-electron chi connectivity index (χ1n) is 5.84. The van der Waals surface area contributed by atoms with Crippen LogP contribution in [-0.2, 0) is 0 Å². The summed E-state index contributed by atoms with van der Waals surface area (Å²) >= 11 is 7.54. The van der Waals surface area contributed by atoms with Gasteiger partial charge in [-0.05, 0) is 32.5 Å². The molecule has 1 rings (SSSR count). The van der Waals surface area contributed by atoms with Crippen molar-refractivity contribution in [2.24, 2.45) is 5.73 Å². The summed E-state index contributed by atoms with van der Waals surface area (Å²) in [6, 6.07) is 4.16. The molecule has 3 nitrogen and oxygen atoms in total. The first-order valence-corrected chi connectivity index (χ1v) is 7.04. The fourth-order valence-electron chi connectivity index (χ4n) is 1.83. The first-order chi connectivity index (χ1) is 8.01. The lowest BCUT2D eigenvalue weighted by molar-refractivity contribution is 0.107. The van der Waals surface area contributed by atoms with Crippen molar-refractivity contribution in [3.63, 3.8) is 0 Å². The zero-order valence-electron chi connectivity index (χ0n) is 10.6. The molecule has 0 saturated carbocycles. The van der Waals surface area contributed by atoms with Crippen molar-refractivity contribution in [3.05, 3.63) is 21.3 Å². The molecule has 0 fully saturated rings. The zero-order chi connectivity index (χ0) is 13.0. The number of hydrogen-bond acceptors (Lipinski definition) is 4. The molecule has 1 aromatic heterocycles. The summed E-state index contributed by atoms with van der Waals surface area (Å²) in [5.74, 6) is 0. The van der Waals surface area contributed by atoms with Crippen molar-refractivity contribution in [2.75, 3.05) is 13.7 Å². The molecule has 0 amide bonds. The van der Waals surface area contributed by atoms with Crippen LogP contribution in [0.25, 0.3) is 0 Å². The van der Waals surface area contributed by atoms with E-state index in [1.807, 2.05) is 26.1 Å². The molecular formula is C12H21ClN2OS. The lowest BCUT2D eigenvalue weighted by Gasteiger charge is -2.35. The van der Waals surface area contributed by atoms with Crippen LogP contribution >= 0.6 is 22.9 Å². The van der Waals surface area contributed by atoms with Crippen LogP contribution < -0.4 is 5.73 Å². The molecule has 98 valence electrons. The topological polar surface area (TPSA) is 49.5 Å². The van der Waals surface area contributed by atoms with E-state index in [-0.39, 0.29) is 24.7 Å². The zero-order valence-corrected chi connectivity index (χ0v) is 12.1. The third-order valence-corrected chi connectivity index (χ3v) is 4.46. The van der Waals surface area contributed by atoms with E-state index in [0.717, 1.165) is 15.6 Å². The van der Waals surface area contributed by atoms with Gasteiger partial charge < -0.3 is 10.8 Å². The van der Waals surface area contributed by atoms with E-state index in [4.69, 9.17) is 17.3 Å². The first kappa shape index (κ1) is 14.9. The lowest BCUT2D eigenvalue weighted by Crippen LogP contribution is -2.43. The van der Waals surface area contributed by atoms with Gasteiger partial charge >= 0.3 is 0 Å². The largest absolute Gasteiger partial charge is 0.395 e. The minimum atomic E-state index is 0.0451. The maximum Gasteiger partial charge on any atom is 0.0931 e. The Kier molecular flexibility index (Phi) is 5.89. The summed E-state index contributed by atoms with van der Waals surface area (Å²) in [5, 5.41) is 9.26. The molecule has 1 aromatic rings. The monoisotopic (exact) mass is 276 g/mol. The van der Waals surface area contributed by atoms with Gasteiger partial charge in [-0.15, -0.1) is 11.3 Å². The van der Waals surface area contributed by atoms with Gasteiger partial charge in [-0.3, -0.25) is 4.90 Å². The Morgan fingerprint density at radius 3 is 2.59 bits per heavy atom. The highest BCUT2D eigenvalue weighted by molar-refractivity contribution is 7.16. The van der Waals surface area contributed by atoms with E-state index in [0.29, 0.717) is 0 Å². The van der Waals surface area contributed by atoms with Crippen LogP contribution in [0.1, 0.15) is 31.2 Å². The summed E-state index contributed by atoms with van der Waals surface area (Å²) < 4.78 is 0.776. The molecule has 0 bridgehead atoms. The summed E-state index contributed by atoms with van der Waals surface area (Å²) in [4.78, 5) is 3.28. The van der Waals surface area contributed by atoms with Crippen molar-refractivity contribution < 1.29 is 5.11 Å². The highest BCUT2D eigenvalue weighted by Gasteiger charge is 2.27. The van der Waals surface area contributed by atoms with Crippen LogP contribution in [0.4, 0.5) is 0 Å². The number of rotatable bonds is 6. The summed E-state index contributed by atoms with van der Waals surface area (Å²) in [7, 11) is 1.99. The Hall–Kier alpha value is -0.130. The number of thiophene rings is 1. The molecule has 0 aliphatic carbocycles. The quantitative estimate of drug-likeness (QED) is 0.839. The minimum absolute atomic E-state index is 0.0451. The second-order valence-electron chi connectivity index (χ2n) is 4.36. The van der Waals surface area contributed by atoms with Crippen LogP contribution in [0, 0.1) is 0 Å². The molecule has 5 heteroatoms. The second kappa shape index (κ2) is 6.71. The van der Waals surface area contributed by atoms with Crippen LogP contribution in [0.2, 0.25) is 4.34 Å². The van der Waals surface area contributed by atoms with Crippen molar-refractivity contribution in [3.8, 4) is 0 Å². The maximum atomic E-state index is 9.26. The predicted molar refractivity (Wildman–Crippen MR) is 74.6 cm³/mol. The Morgan fingerprint density at radius 2 is 2.18 bits per heavy atom. The van der Waals surface area contributed by atoms with Gasteiger partial charge in [0, 0.05) is 17.0 Å². The Bertz CT molecular complexity index is 345. The highest BCUT2D eigenvalue weighted by atomic mass is 35.5. The third-order valence-electron chi connectivity index (χ3n) is 3.16. The van der Waals surface area contributed by atoms with Crippen LogP contribution in [0.5, 0.6) is 0 Å². The normalized spacial score (nSPS) is 17.1. The standard InChI is InChI=1S/C12H21ClN2OS/c1-4-9(14)12(15(3)8(2)7-16)10-5-6-11(13)17-10/h5-6,8-9,12,16H,4,7,14H2,1-3H3. The predicted octanol–water partition coefficient (Wildman–Crippen LogP) is 2.49. The van der Waals surface area contributed by atoms with E-state index in [1.165, 1.54) is 0 Å². The molecule has 0 radical (unpaired) electrons. The van der Waals surface area contributed by atoms with Gasteiger partial charge in [-0.25, -0.2) is 0 Å². The molecular weight excluding hydrogens is 256 g/mol. The number of aliphatic hydroxyl groups excluding tert-OH is 1. The van der Waals surface area contributed by atoms with Crippen LogP contribution in [0.3, 0.4) is 0 Å².